The molecule has 2 unspecified atom stereocenters. The third kappa shape index (κ3) is 5.65. The number of likely N-dealkylation sites (N-methyl/N-ethyl adjacent to an activating group) is 1. The van der Waals surface area contributed by atoms with E-state index in [9.17, 15) is 14.7 Å². The van der Waals surface area contributed by atoms with Crippen LogP contribution in [0.1, 0.15) is 39.9 Å². The number of fused-ring (bicyclic) bond motifs is 2. The summed E-state index contributed by atoms with van der Waals surface area (Å²) in [6.45, 7) is 6.06. The van der Waals surface area contributed by atoms with E-state index in [1.807, 2.05) is 38.1 Å². The third-order valence-electron chi connectivity index (χ3n) is 8.05. The van der Waals surface area contributed by atoms with E-state index in [-0.39, 0.29) is 30.3 Å². The van der Waals surface area contributed by atoms with Crippen LogP contribution in [0.15, 0.2) is 41.8 Å². The highest BCUT2D eigenvalue weighted by Crippen LogP contribution is 2.44. The number of nitrogens with zero attached hydrogens (tertiary/aromatic N) is 3. The fourth-order valence-electron chi connectivity index (χ4n) is 5.90. The lowest BCUT2D eigenvalue weighted by atomic mass is 9.85. The molecule has 206 valence electrons. The summed E-state index contributed by atoms with van der Waals surface area (Å²) in [6.07, 6.45) is 1.94. The number of ether oxygens (including phenoxy) is 1. The number of carbonyl (C=O) groups is 2. The second-order valence-corrected chi connectivity index (χ2v) is 11.6. The van der Waals surface area contributed by atoms with Crippen LogP contribution in [0, 0.1) is 31.6 Å². The van der Waals surface area contributed by atoms with Crippen molar-refractivity contribution in [1.82, 2.24) is 9.88 Å². The Labute approximate surface area is 232 Å². The van der Waals surface area contributed by atoms with Gasteiger partial charge in [-0.1, -0.05) is 17.7 Å². The standard InChI is InChI=1S/C30H35N3O5S/c1-18-4-9-26(38-16-23-8-5-20(13-19(23)2)28(35)32(3)10-11-34)24(12-18)25-17-39-30(31-25)33-14-21-6-7-22(15-33)27(21)29(36)37/h4-5,8-9,12-13,17,21-22,27,34H,6-7,10-11,14-16H2,1-3H3,(H,36,37). The highest BCUT2D eigenvalue weighted by atomic mass is 32.1. The Morgan fingerprint density at radius 1 is 1.13 bits per heavy atom. The molecule has 3 aromatic rings. The molecule has 9 heteroatoms. The molecule has 2 aromatic carbocycles. The topological polar surface area (TPSA) is 103 Å². The molecule has 2 aliphatic rings. The van der Waals surface area contributed by atoms with Crippen molar-refractivity contribution < 1.29 is 24.5 Å². The summed E-state index contributed by atoms with van der Waals surface area (Å²) >= 11 is 1.59. The van der Waals surface area contributed by atoms with E-state index in [1.54, 1.807) is 24.5 Å². The van der Waals surface area contributed by atoms with Gasteiger partial charge in [0.15, 0.2) is 5.13 Å². The van der Waals surface area contributed by atoms with Crippen LogP contribution >= 0.6 is 11.3 Å². The number of aryl methyl sites for hydroxylation is 2. The van der Waals surface area contributed by atoms with E-state index in [4.69, 9.17) is 14.8 Å². The average molecular weight is 550 g/mol. The highest BCUT2D eigenvalue weighted by Gasteiger charge is 2.46. The molecule has 2 bridgehead atoms. The predicted octanol–water partition coefficient (Wildman–Crippen LogP) is 4.62. The Hall–Kier alpha value is -3.43. The zero-order chi connectivity index (χ0) is 27.7. The minimum absolute atomic E-state index is 0.0727. The van der Waals surface area contributed by atoms with Crippen LogP contribution in [-0.4, -0.2) is 65.3 Å². The number of carboxylic acids is 1. The number of anilines is 1. The SMILES string of the molecule is Cc1ccc(OCc2ccc(C(=O)N(C)CCO)cc2C)c(-c2csc(N3CC4CCC(C3)C4C(=O)O)n2)c1. The second kappa shape index (κ2) is 11.4. The van der Waals surface area contributed by atoms with Crippen molar-refractivity contribution in [3.8, 4) is 17.0 Å². The van der Waals surface area contributed by atoms with Crippen molar-refractivity contribution in [2.75, 3.05) is 38.2 Å². The molecule has 39 heavy (non-hydrogen) atoms. The lowest BCUT2D eigenvalue weighted by Gasteiger charge is -2.35. The summed E-state index contributed by atoms with van der Waals surface area (Å²) in [5, 5.41) is 21.7. The number of aliphatic hydroxyl groups is 1. The molecule has 0 radical (unpaired) electrons. The first-order valence-electron chi connectivity index (χ1n) is 13.4. The zero-order valence-corrected chi connectivity index (χ0v) is 23.4. The maximum Gasteiger partial charge on any atom is 0.307 e. The molecule has 2 heterocycles. The smallest absolute Gasteiger partial charge is 0.307 e. The first-order valence-corrected chi connectivity index (χ1v) is 14.3. The van der Waals surface area contributed by atoms with Crippen LogP contribution < -0.4 is 9.64 Å². The highest BCUT2D eigenvalue weighted by molar-refractivity contribution is 7.14. The van der Waals surface area contributed by atoms with Crippen LogP contribution in [0.4, 0.5) is 5.13 Å². The lowest BCUT2D eigenvalue weighted by molar-refractivity contribution is -0.144. The van der Waals surface area contributed by atoms with E-state index < -0.39 is 5.97 Å². The van der Waals surface area contributed by atoms with Gasteiger partial charge in [0.1, 0.15) is 12.4 Å². The molecule has 2 atom stereocenters. The zero-order valence-electron chi connectivity index (χ0n) is 22.6. The molecule has 0 spiro atoms. The Bertz CT molecular complexity index is 1360. The number of benzene rings is 2. The number of carbonyl (C=O) groups excluding carboxylic acids is 1. The summed E-state index contributed by atoms with van der Waals surface area (Å²) in [5.41, 5.74) is 5.42. The molecule has 2 fully saturated rings. The molecule has 1 aromatic heterocycles. The molecule has 1 saturated heterocycles. The van der Waals surface area contributed by atoms with E-state index >= 15 is 0 Å². The summed E-state index contributed by atoms with van der Waals surface area (Å²) in [5.74, 6) is 0.103. The van der Waals surface area contributed by atoms with Gasteiger partial charge >= 0.3 is 5.97 Å². The van der Waals surface area contributed by atoms with Crippen molar-refractivity contribution in [1.29, 1.82) is 0 Å². The summed E-state index contributed by atoms with van der Waals surface area (Å²) < 4.78 is 6.30. The molecular weight excluding hydrogens is 514 g/mol. The molecular formula is C30H35N3O5S. The van der Waals surface area contributed by atoms with Gasteiger partial charge in [-0.05, 0) is 73.9 Å². The molecule has 1 amide bonds. The van der Waals surface area contributed by atoms with Crippen LogP contribution in [0.3, 0.4) is 0 Å². The van der Waals surface area contributed by atoms with Crippen LogP contribution in [0.2, 0.25) is 0 Å². The van der Waals surface area contributed by atoms with Gasteiger partial charge in [0.2, 0.25) is 0 Å². The van der Waals surface area contributed by atoms with Crippen molar-refractivity contribution in [2.45, 2.75) is 33.3 Å². The van der Waals surface area contributed by atoms with E-state index in [0.717, 1.165) is 64.8 Å². The van der Waals surface area contributed by atoms with Gasteiger partial charge in [-0.2, -0.15) is 0 Å². The van der Waals surface area contributed by atoms with Crippen molar-refractivity contribution >= 4 is 28.3 Å². The first-order chi connectivity index (χ1) is 18.7. The third-order valence-corrected chi connectivity index (χ3v) is 8.95. The van der Waals surface area contributed by atoms with Crippen LogP contribution in [-0.2, 0) is 11.4 Å². The molecule has 5 rings (SSSR count). The van der Waals surface area contributed by atoms with Crippen LogP contribution in [0.5, 0.6) is 5.75 Å². The average Bonchev–Trinajstić information content (AvgIpc) is 3.51. The Kier molecular flexibility index (Phi) is 7.91. The largest absolute Gasteiger partial charge is 0.488 e. The van der Waals surface area contributed by atoms with E-state index in [2.05, 4.69) is 16.3 Å². The van der Waals surface area contributed by atoms with Gasteiger partial charge in [0.25, 0.3) is 5.91 Å². The number of rotatable bonds is 9. The van der Waals surface area contributed by atoms with Gasteiger partial charge in [0, 0.05) is 43.2 Å². The first kappa shape index (κ1) is 27.1. The van der Waals surface area contributed by atoms with Crippen molar-refractivity contribution in [3.63, 3.8) is 0 Å². The number of aromatic nitrogens is 1. The number of hydrogen-bond donors (Lipinski definition) is 2. The van der Waals surface area contributed by atoms with Gasteiger partial charge in [-0.3, -0.25) is 9.59 Å². The summed E-state index contributed by atoms with van der Waals surface area (Å²) in [4.78, 5) is 33.0. The van der Waals surface area contributed by atoms with Crippen LogP contribution in [0.25, 0.3) is 11.3 Å². The number of piperidine rings is 1. The monoisotopic (exact) mass is 549 g/mol. The van der Waals surface area contributed by atoms with E-state index in [1.165, 1.54) is 4.90 Å². The quantitative estimate of drug-likeness (QED) is 0.402. The number of hydrogen-bond acceptors (Lipinski definition) is 7. The Morgan fingerprint density at radius 2 is 1.87 bits per heavy atom. The number of amides is 1. The van der Waals surface area contributed by atoms with Gasteiger partial charge in [-0.15, -0.1) is 11.3 Å². The van der Waals surface area contributed by atoms with Crippen molar-refractivity contribution in [3.05, 3.63) is 64.0 Å². The minimum Gasteiger partial charge on any atom is -0.488 e. The lowest BCUT2D eigenvalue weighted by Crippen LogP contribution is -2.44. The summed E-state index contributed by atoms with van der Waals surface area (Å²) in [6, 6.07) is 11.6. The van der Waals surface area contributed by atoms with E-state index in [0.29, 0.717) is 18.7 Å². The number of aliphatic carboxylic acids is 1. The summed E-state index contributed by atoms with van der Waals surface area (Å²) in [7, 11) is 1.68. The van der Waals surface area contributed by atoms with Gasteiger partial charge in [0.05, 0.1) is 18.2 Å². The molecule has 2 N–H and O–H groups in total. The number of carboxylic acid groups (broad SMARTS) is 1. The predicted molar refractivity (Wildman–Crippen MR) is 151 cm³/mol. The second-order valence-electron chi connectivity index (χ2n) is 10.8. The molecule has 1 saturated carbocycles. The molecule has 1 aliphatic heterocycles. The molecule has 8 nitrogen and oxygen atoms in total. The normalized spacial score (nSPS) is 20.2. The fraction of sp³-hybridized carbons (Fsp3) is 0.433. The maximum absolute atomic E-state index is 12.6. The Morgan fingerprint density at radius 3 is 2.54 bits per heavy atom. The van der Waals surface area contributed by atoms with Crippen molar-refractivity contribution in [2.24, 2.45) is 17.8 Å². The minimum atomic E-state index is -0.658. The number of thiazole rings is 1. The van der Waals surface area contributed by atoms with Gasteiger partial charge < -0.3 is 24.7 Å². The van der Waals surface area contributed by atoms with Gasteiger partial charge in [-0.25, -0.2) is 4.98 Å². The Balaban J connectivity index is 1.31. The number of aliphatic hydroxyl groups excluding tert-OH is 1. The fourth-order valence-corrected chi connectivity index (χ4v) is 6.75. The molecule has 1 aliphatic carbocycles. The maximum atomic E-state index is 12.6.